The maximum Gasteiger partial charge on any atom is 0.131 e. The van der Waals surface area contributed by atoms with Gasteiger partial charge < -0.3 is 0 Å². The van der Waals surface area contributed by atoms with Crippen LogP contribution < -0.4 is 0 Å². The molecular weight excluding hydrogens is 374 g/mol. The van der Waals surface area contributed by atoms with Gasteiger partial charge in [0.1, 0.15) is 5.82 Å². The van der Waals surface area contributed by atoms with E-state index in [2.05, 4.69) is 54.4 Å². The molecule has 5 rings (SSSR count). The highest BCUT2D eigenvalue weighted by atomic mass is 32.1. The lowest BCUT2D eigenvalue weighted by atomic mass is 9.88. The third-order valence-electron chi connectivity index (χ3n) is 6.45. The normalized spacial score (nSPS) is 18.0. The fourth-order valence-corrected chi connectivity index (χ4v) is 5.90. The molecule has 0 N–H and O–H groups in total. The van der Waals surface area contributed by atoms with Gasteiger partial charge in [-0.3, -0.25) is 4.90 Å². The Morgan fingerprint density at radius 1 is 1.07 bits per heavy atom. The van der Waals surface area contributed by atoms with Crippen molar-refractivity contribution in [3.8, 4) is 10.4 Å². The van der Waals surface area contributed by atoms with Gasteiger partial charge in [0.2, 0.25) is 0 Å². The molecule has 3 heterocycles. The summed E-state index contributed by atoms with van der Waals surface area (Å²) in [6.07, 6.45) is 9.76. The second-order valence-corrected chi connectivity index (χ2v) is 9.74. The molecule has 3 nitrogen and oxygen atoms in total. The molecule has 2 aromatic heterocycles. The number of fused-ring (bicyclic) bond motifs is 1. The van der Waals surface area contributed by atoms with E-state index < -0.39 is 0 Å². The van der Waals surface area contributed by atoms with E-state index in [-0.39, 0.29) is 0 Å². The van der Waals surface area contributed by atoms with Crippen LogP contribution in [0, 0.1) is 6.92 Å². The summed E-state index contributed by atoms with van der Waals surface area (Å²) < 4.78 is 0. The summed E-state index contributed by atoms with van der Waals surface area (Å²) >= 11 is 1.92. The van der Waals surface area contributed by atoms with Gasteiger partial charge in [0.05, 0.1) is 0 Å². The zero-order valence-electron chi connectivity index (χ0n) is 17.2. The minimum absolute atomic E-state index is 0.595. The molecule has 0 spiro atoms. The standard InChI is InChI=1S/C25H29N3S/c1-18-7-5-6-10-22(18)24-12-11-21(29-24)17-28-14-13-23-20(16-28)15-26-25(27-23)19-8-3-2-4-9-19/h5-7,10-12,15,19H,2-4,8-9,13-14,16-17H2,1H3. The molecule has 3 aromatic rings. The summed E-state index contributed by atoms with van der Waals surface area (Å²) in [6, 6.07) is 13.2. The fourth-order valence-electron chi connectivity index (χ4n) is 4.76. The Morgan fingerprint density at radius 2 is 1.93 bits per heavy atom. The van der Waals surface area contributed by atoms with Crippen molar-refractivity contribution >= 4 is 11.3 Å². The predicted molar refractivity (Wildman–Crippen MR) is 120 cm³/mol. The SMILES string of the molecule is Cc1ccccc1-c1ccc(CN2CCc3nc(C4CCCCC4)ncc3C2)s1. The van der Waals surface area contributed by atoms with Crippen LogP contribution in [0.5, 0.6) is 0 Å². The zero-order chi connectivity index (χ0) is 19.6. The first-order chi connectivity index (χ1) is 14.3. The molecule has 1 aromatic carbocycles. The minimum Gasteiger partial charge on any atom is -0.293 e. The van der Waals surface area contributed by atoms with Gasteiger partial charge in [-0.2, -0.15) is 0 Å². The van der Waals surface area contributed by atoms with Crippen molar-refractivity contribution in [2.75, 3.05) is 6.54 Å². The Bertz CT molecular complexity index is 987. The molecule has 1 aliphatic heterocycles. The zero-order valence-corrected chi connectivity index (χ0v) is 18.0. The van der Waals surface area contributed by atoms with Crippen molar-refractivity contribution in [2.45, 2.75) is 64.5 Å². The Labute approximate surface area is 177 Å². The molecule has 4 heteroatoms. The van der Waals surface area contributed by atoms with Gasteiger partial charge in [-0.1, -0.05) is 43.5 Å². The molecule has 2 aliphatic rings. The van der Waals surface area contributed by atoms with E-state index in [1.807, 2.05) is 11.3 Å². The van der Waals surface area contributed by atoms with Crippen LogP contribution in [0.3, 0.4) is 0 Å². The highest BCUT2D eigenvalue weighted by molar-refractivity contribution is 7.15. The lowest BCUT2D eigenvalue weighted by Crippen LogP contribution is -2.31. The number of aryl methyl sites for hydroxylation is 1. The van der Waals surface area contributed by atoms with Crippen LogP contribution in [0.1, 0.15) is 65.5 Å². The number of benzene rings is 1. The fraction of sp³-hybridized carbons (Fsp3) is 0.440. The Hall–Kier alpha value is -2.04. The quantitative estimate of drug-likeness (QED) is 0.525. The van der Waals surface area contributed by atoms with Crippen LogP contribution in [0.4, 0.5) is 0 Å². The summed E-state index contributed by atoms with van der Waals surface area (Å²) in [6.45, 7) is 5.27. The molecule has 29 heavy (non-hydrogen) atoms. The Morgan fingerprint density at radius 3 is 2.79 bits per heavy atom. The van der Waals surface area contributed by atoms with Crippen LogP contribution in [-0.2, 0) is 19.5 Å². The van der Waals surface area contributed by atoms with Gasteiger partial charge in [-0.05, 0) is 43.0 Å². The van der Waals surface area contributed by atoms with Crippen molar-refractivity contribution in [3.63, 3.8) is 0 Å². The lowest BCUT2D eigenvalue weighted by molar-refractivity contribution is 0.244. The van der Waals surface area contributed by atoms with E-state index in [1.165, 1.54) is 64.2 Å². The van der Waals surface area contributed by atoms with Gasteiger partial charge in [0.15, 0.2) is 0 Å². The number of rotatable bonds is 4. The molecule has 150 valence electrons. The van der Waals surface area contributed by atoms with Crippen LogP contribution >= 0.6 is 11.3 Å². The average molecular weight is 404 g/mol. The first kappa shape index (κ1) is 19.0. The molecule has 0 bridgehead atoms. The second-order valence-electron chi connectivity index (χ2n) is 8.58. The molecule has 0 amide bonds. The molecular formula is C25H29N3S. The maximum absolute atomic E-state index is 5.00. The monoisotopic (exact) mass is 403 g/mol. The summed E-state index contributed by atoms with van der Waals surface area (Å²) in [5, 5.41) is 0. The van der Waals surface area contributed by atoms with Crippen molar-refractivity contribution in [2.24, 2.45) is 0 Å². The Balaban J connectivity index is 1.26. The maximum atomic E-state index is 5.00. The van der Waals surface area contributed by atoms with E-state index in [9.17, 15) is 0 Å². The summed E-state index contributed by atoms with van der Waals surface area (Å²) in [5.41, 5.74) is 5.32. The van der Waals surface area contributed by atoms with Crippen LogP contribution in [0.25, 0.3) is 10.4 Å². The molecule has 0 radical (unpaired) electrons. The van der Waals surface area contributed by atoms with Crippen LogP contribution in [0.2, 0.25) is 0 Å². The van der Waals surface area contributed by atoms with Crippen LogP contribution in [0.15, 0.2) is 42.6 Å². The molecule has 1 saturated carbocycles. The van der Waals surface area contributed by atoms with Crippen molar-refractivity contribution in [1.82, 2.24) is 14.9 Å². The van der Waals surface area contributed by atoms with Crippen molar-refractivity contribution in [3.05, 3.63) is 70.1 Å². The molecule has 0 saturated heterocycles. The second kappa shape index (κ2) is 8.37. The van der Waals surface area contributed by atoms with Crippen LogP contribution in [-0.4, -0.2) is 21.4 Å². The summed E-state index contributed by atoms with van der Waals surface area (Å²) in [4.78, 5) is 15.1. The van der Waals surface area contributed by atoms with E-state index in [0.29, 0.717) is 5.92 Å². The van der Waals surface area contributed by atoms with Crippen molar-refractivity contribution in [1.29, 1.82) is 0 Å². The van der Waals surface area contributed by atoms with Gasteiger partial charge in [-0.15, -0.1) is 11.3 Å². The lowest BCUT2D eigenvalue weighted by Gasteiger charge is -2.28. The topological polar surface area (TPSA) is 29.0 Å². The first-order valence-corrected chi connectivity index (χ1v) is 11.8. The van der Waals surface area contributed by atoms with Gasteiger partial charge in [0.25, 0.3) is 0 Å². The van der Waals surface area contributed by atoms with E-state index in [4.69, 9.17) is 9.97 Å². The predicted octanol–water partition coefficient (Wildman–Crippen LogP) is 6.12. The largest absolute Gasteiger partial charge is 0.293 e. The van der Waals surface area contributed by atoms with Gasteiger partial charge >= 0.3 is 0 Å². The number of aromatic nitrogens is 2. The van der Waals surface area contributed by atoms with Gasteiger partial charge in [-0.25, -0.2) is 9.97 Å². The molecule has 0 atom stereocenters. The smallest absolute Gasteiger partial charge is 0.131 e. The van der Waals surface area contributed by atoms with E-state index in [1.54, 1.807) is 0 Å². The van der Waals surface area contributed by atoms with Gasteiger partial charge in [0, 0.05) is 59.2 Å². The third-order valence-corrected chi connectivity index (χ3v) is 7.56. The first-order valence-electron chi connectivity index (χ1n) is 11.0. The number of thiophene rings is 1. The molecule has 0 unspecified atom stereocenters. The summed E-state index contributed by atoms with van der Waals surface area (Å²) in [7, 11) is 0. The number of hydrogen-bond acceptors (Lipinski definition) is 4. The molecule has 1 aliphatic carbocycles. The number of nitrogens with zero attached hydrogens (tertiary/aromatic N) is 3. The number of hydrogen-bond donors (Lipinski definition) is 0. The molecule has 1 fully saturated rings. The minimum atomic E-state index is 0.595. The highest BCUT2D eigenvalue weighted by Crippen LogP contribution is 2.33. The highest BCUT2D eigenvalue weighted by Gasteiger charge is 2.23. The average Bonchev–Trinajstić information content (AvgIpc) is 3.22. The van der Waals surface area contributed by atoms with E-state index >= 15 is 0 Å². The Kier molecular flexibility index (Phi) is 5.47. The summed E-state index contributed by atoms with van der Waals surface area (Å²) in [5.74, 6) is 1.70. The van der Waals surface area contributed by atoms with E-state index in [0.717, 1.165) is 31.9 Å². The third kappa shape index (κ3) is 4.15. The van der Waals surface area contributed by atoms with Crippen molar-refractivity contribution < 1.29 is 0 Å².